The third-order valence-corrected chi connectivity index (χ3v) is 6.37. The van der Waals surface area contributed by atoms with Crippen LogP contribution in [0.15, 0.2) is 52.1 Å². The monoisotopic (exact) mass is 478 g/mol. The first-order chi connectivity index (χ1) is 15.1. The summed E-state index contributed by atoms with van der Waals surface area (Å²) in [6.45, 7) is 2.08. The highest BCUT2D eigenvalue weighted by atomic mass is 79.9. The molecule has 0 N–H and O–H groups in total. The number of benzene rings is 1. The molecule has 3 aromatic rings. The number of methoxy groups -OCH3 is 1. The standard InChI is InChI=1S/C24H23BrN4O2/c1-14-23(15-6-7-15)29-20-10-8-16(25)13-17(20)22(18-5-3-4-12-26-18)28-19(24(29)27-14)9-11-21(30)31-2/h3-5,8,10,12-13,15,19H,6-7,9,11H2,1-2H3. The van der Waals surface area contributed by atoms with Crippen molar-refractivity contribution in [3.8, 4) is 5.69 Å². The number of imidazole rings is 1. The first kappa shape index (κ1) is 20.1. The van der Waals surface area contributed by atoms with Gasteiger partial charge in [-0.05, 0) is 56.5 Å². The van der Waals surface area contributed by atoms with Crippen LogP contribution in [0.3, 0.4) is 0 Å². The molecule has 2 aliphatic rings. The average Bonchev–Trinajstić information content (AvgIpc) is 3.57. The molecule has 1 atom stereocenters. The Morgan fingerprint density at radius 1 is 1.26 bits per heavy atom. The first-order valence-electron chi connectivity index (χ1n) is 10.5. The molecule has 3 heterocycles. The highest BCUT2D eigenvalue weighted by Crippen LogP contribution is 2.45. The van der Waals surface area contributed by atoms with Gasteiger partial charge in [-0.15, -0.1) is 0 Å². The summed E-state index contributed by atoms with van der Waals surface area (Å²) in [5, 5.41) is 0. The molecular weight excluding hydrogens is 456 g/mol. The fourth-order valence-electron chi connectivity index (χ4n) is 4.31. The molecule has 31 heavy (non-hydrogen) atoms. The number of fused-ring (bicyclic) bond motifs is 3. The van der Waals surface area contributed by atoms with Crippen LogP contribution in [-0.4, -0.2) is 33.3 Å². The smallest absolute Gasteiger partial charge is 0.305 e. The van der Waals surface area contributed by atoms with Crippen molar-refractivity contribution in [1.82, 2.24) is 14.5 Å². The van der Waals surface area contributed by atoms with Crippen molar-refractivity contribution in [2.75, 3.05) is 7.11 Å². The summed E-state index contributed by atoms with van der Waals surface area (Å²) in [6, 6.07) is 11.8. The van der Waals surface area contributed by atoms with E-state index in [0.29, 0.717) is 12.3 Å². The fourth-order valence-corrected chi connectivity index (χ4v) is 4.67. The van der Waals surface area contributed by atoms with Gasteiger partial charge in [-0.3, -0.25) is 19.3 Å². The van der Waals surface area contributed by atoms with Crippen LogP contribution in [0.25, 0.3) is 5.69 Å². The third kappa shape index (κ3) is 3.71. The zero-order valence-corrected chi connectivity index (χ0v) is 19.1. The lowest BCUT2D eigenvalue weighted by Crippen LogP contribution is -2.10. The molecule has 0 radical (unpaired) electrons. The van der Waals surface area contributed by atoms with E-state index in [2.05, 4.69) is 50.6 Å². The van der Waals surface area contributed by atoms with E-state index in [-0.39, 0.29) is 18.4 Å². The Morgan fingerprint density at radius 3 is 2.81 bits per heavy atom. The minimum atomic E-state index is -0.270. The molecule has 0 spiro atoms. The molecule has 1 aromatic carbocycles. The Bertz CT molecular complexity index is 1180. The molecule has 7 heteroatoms. The van der Waals surface area contributed by atoms with Crippen LogP contribution >= 0.6 is 15.9 Å². The van der Waals surface area contributed by atoms with Crippen molar-refractivity contribution in [2.24, 2.45) is 4.99 Å². The Morgan fingerprint density at radius 2 is 2.10 bits per heavy atom. The minimum Gasteiger partial charge on any atom is -0.469 e. The van der Waals surface area contributed by atoms with Gasteiger partial charge in [0.1, 0.15) is 11.9 Å². The molecule has 5 rings (SSSR count). The van der Waals surface area contributed by atoms with Gasteiger partial charge in [-0.1, -0.05) is 22.0 Å². The molecule has 0 bridgehead atoms. The topological polar surface area (TPSA) is 69.4 Å². The summed E-state index contributed by atoms with van der Waals surface area (Å²) in [7, 11) is 1.42. The van der Waals surface area contributed by atoms with Crippen LogP contribution in [0.2, 0.25) is 0 Å². The van der Waals surface area contributed by atoms with Crippen LogP contribution in [0, 0.1) is 6.92 Å². The number of esters is 1. The number of nitrogens with zero attached hydrogens (tertiary/aromatic N) is 4. The molecule has 1 aliphatic heterocycles. The van der Waals surface area contributed by atoms with Gasteiger partial charge in [-0.2, -0.15) is 0 Å². The van der Waals surface area contributed by atoms with E-state index in [1.807, 2.05) is 18.2 Å². The first-order valence-corrected chi connectivity index (χ1v) is 11.3. The lowest BCUT2D eigenvalue weighted by Gasteiger charge is -2.16. The lowest BCUT2D eigenvalue weighted by molar-refractivity contribution is -0.140. The largest absolute Gasteiger partial charge is 0.469 e. The van der Waals surface area contributed by atoms with Gasteiger partial charge in [0, 0.05) is 34.3 Å². The molecular formula is C24H23BrN4O2. The average molecular weight is 479 g/mol. The molecule has 158 valence electrons. The van der Waals surface area contributed by atoms with E-state index in [1.165, 1.54) is 25.6 Å². The summed E-state index contributed by atoms with van der Waals surface area (Å²) in [4.78, 5) is 26.7. The number of aromatic nitrogens is 3. The number of hydrogen-bond donors (Lipinski definition) is 0. The van der Waals surface area contributed by atoms with Crippen molar-refractivity contribution >= 4 is 27.6 Å². The SMILES string of the molecule is COC(=O)CCC1N=C(c2ccccn2)c2cc(Br)ccc2-n2c1nc(C)c2C1CC1. The van der Waals surface area contributed by atoms with Crippen LogP contribution in [0.1, 0.15) is 66.1 Å². The maximum Gasteiger partial charge on any atom is 0.305 e. The molecule has 0 amide bonds. The minimum absolute atomic E-state index is 0.240. The van der Waals surface area contributed by atoms with Crippen LogP contribution < -0.4 is 0 Å². The molecule has 6 nitrogen and oxygen atoms in total. The summed E-state index contributed by atoms with van der Waals surface area (Å²) in [5.41, 5.74) is 6.00. The number of ether oxygens (including phenoxy) is 1. The number of carbonyl (C=O) groups is 1. The van der Waals surface area contributed by atoms with Gasteiger partial charge in [0.05, 0.1) is 29.9 Å². The third-order valence-electron chi connectivity index (χ3n) is 5.88. The van der Waals surface area contributed by atoms with Crippen LogP contribution in [-0.2, 0) is 9.53 Å². The van der Waals surface area contributed by atoms with Crippen molar-refractivity contribution in [1.29, 1.82) is 0 Å². The van der Waals surface area contributed by atoms with Crippen molar-refractivity contribution < 1.29 is 9.53 Å². The second-order valence-corrected chi connectivity index (χ2v) is 8.95. The molecule has 0 saturated heterocycles. The number of halogens is 1. The molecule has 1 aliphatic carbocycles. The predicted octanol–water partition coefficient (Wildman–Crippen LogP) is 5.06. The van der Waals surface area contributed by atoms with Crippen molar-refractivity contribution in [2.45, 2.75) is 44.6 Å². The summed E-state index contributed by atoms with van der Waals surface area (Å²) in [6.07, 6.45) is 4.95. The van der Waals surface area contributed by atoms with E-state index in [9.17, 15) is 4.79 Å². The summed E-state index contributed by atoms with van der Waals surface area (Å²) < 4.78 is 8.16. The van der Waals surface area contributed by atoms with Gasteiger partial charge in [0.15, 0.2) is 0 Å². The molecule has 2 aromatic heterocycles. The highest BCUT2D eigenvalue weighted by molar-refractivity contribution is 9.10. The Hall–Kier alpha value is -2.80. The maximum absolute atomic E-state index is 11.9. The highest BCUT2D eigenvalue weighted by Gasteiger charge is 2.36. The maximum atomic E-state index is 11.9. The lowest BCUT2D eigenvalue weighted by atomic mass is 10.0. The Labute approximate surface area is 189 Å². The fraction of sp³-hybridized carbons (Fsp3) is 0.333. The number of carbonyl (C=O) groups excluding carboxylic acids is 1. The Balaban J connectivity index is 1.75. The zero-order chi connectivity index (χ0) is 21.5. The second kappa shape index (κ2) is 8.04. The van der Waals surface area contributed by atoms with E-state index >= 15 is 0 Å². The molecule has 1 fully saturated rings. The number of hydrogen-bond acceptors (Lipinski definition) is 5. The predicted molar refractivity (Wildman–Crippen MR) is 122 cm³/mol. The van der Waals surface area contributed by atoms with E-state index in [4.69, 9.17) is 14.7 Å². The van der Waals surface area contributed by atoms with Crippen LogP contribution in [0.4, 0.5) is 0 Å². The normalized spacial score (nSPS) is 17.4. The number of aryl methyl sites for hydroxylation is 1. The van der Waals surface area contributed by atoms with Gasteiger partial charge >= 0.3 is 5.97 Å². The summed E-state index contributed by atoms with van der Waals surface area (Å²) in [5.74, 6) is 1.17. The van der Waals surface area contributed by atoms with Crippen molar-refractivity contribution in [3.63, 3.8) is 0 Å². The van der Waals surface area contributed by atoms with Gasteiger partial charge in [0.2, 0.25) is 0 Å². The van der Waals surface area contributed by atoms with E-state index < -0.39 is 0 Å². The van der Waals surface area contributed by atoms with Gasteiger partial charge in [0.25, 0.3) is 0 Å². The quantitative estimate of drug-likeness (QED) is 0.480. The van der Waals surface area contributed by atoms with Crippen LogP contribution in [0.5, 0.6) is 0 Å². The summed E-state index contributed by atoms with van der Waals surface area (Å²) >= 11 is 3.63. The molecule has 1 unspecified atom stereocenters. The van der Waals surface area contributed by atoms with Gasteiger partial charge < -0.3 is 4.74 Å². The second-order valence-electron chi connectivity index (χ2n) is 8.04. The number of aliphatic imine (C=N–C) groups is 1. The van der Waals surface area contributed by atoms with Gasteiger partial charge in [-0.25, -0.2) is 4.98 Å². The van der Waals surface area contributed by atoms with E-state index in [1.54, 1.807) is 6.20 Å². The zero-order valence-electron chi connectivity index (χ0n) is 17.5. The number of rotatable bonds is 5. The number of pyridine rings is 1. The molecule has 1 saturated carbocycles. The van der Waals surface area contributed by atoms with E-state index in [0.717, 1.165) is 38.6 Å². The Kier molecular flexibility index (Phi) is 5.22. The van der Waals surface area contributed by atoms with Crippen molar-refractivity contribution in [3.05, 3.63) is 75.5 Å².